The molecule has 26 heavy (non-hydrogen) atoms. The third-order valence-electron chi connectivity index (χ3n) is 5.23. The second-order valence-electron chi connectivity index (χ2n) is 6.57. The Morgan fingerprint density at radius 2 is 1.88 bits per heavy atom. The van der Waals surface area contributed by atoms with E-state index in [4.69, 9.17) is 14.2 Å². The Morgan fingerprint density at radius 3 is 2.46 bits per heavy atom. The van der Waals surface area contributed by atoms with Crippen molar-refractivity contribution in [2.24, 2.45) is 5.92 Å². The number of hydrogen-bond acceptors (Lipinski definition) is 5. The molecule has 0 bridgehead atoms. The highest BCUT2D eigenvalue weighted by Crippen LogP contribution is 2.24. The fraction of sp³-hybridized carbons (Fsp3) is 0.650. The van der Waals surface area contributed by atoms with Crippen LogP contribution in [0.15, 0.2) is 18.2 Å². The number of amides is 1. The summed E-state index contributed by atoms with van der Waals surface area (Å²) in [5, 5.41) is 3.11. The second-order valence-corrected chi connectivity index (χ2v) is 6.57. The van der Waals surface area contributed by atoms with Gasteiger partial charge in [-0.05, 0) is 24.1 Å². The van der Waals surface area contributed by atoms with Crippen LogP contribution in [-0.4, -0.2) is 63.9 Å². The summed E-state index contributed by atoms with van der Waals surface area (Å²) in [6, 6.07) is 5.58. The molecule has 1 aromatic rings. The van der Waals surface area contributed by atoms with E-state index in [2.05, 4.69) is 24.1 Å². The number of hydrogen-bond donors (Lipinski definition) is 1. The topological polar surface area (TPSA) is 60.0 Å². The van der Waals surface area contributed by atoms with Crippen molar-refractivity contribution in [2.45, 2.75) is 32.7 Å². The predicted octanol–water partition coefficient (Wildman–Crippen LogP) is 2.57. The Labute approximate surface area is 156 Å². The normalized spacial score (nSPS) is 16.3. The summed E-state index contributed by atoms with van der Waals surface area (Å²) >= 11 is 0. The zero-order chi connectivity index (χ0) is 18.9. The Hall–Kier alpha value is -1.79. The molecule has 6 nitrogen and oxygen atoms in total. The second kappa shape index (κ2) is 10.4. The molecule has 1 unspecified atom stereocenters. The molecule has 146 valence electrons. The maximum absolute atomic E-state index is 12.8. The summed E-state index contributed by atoms with van der Waals surface area (Å²) in [7, 11) is 3.16. The lowest BCUT2D eigenvalue weighted by molar-refractivity contribution is 0.00190. The molecule has 0 radical (unpaired) electrons. The molecule has 2 rings (SSSR count). The molecule has 1 aliphatic heterocycles. The van der Waals surface area contributed by atoms with Gasteiger partial charge >= 0.3 is 0 Å². The molecular weight excluding hydrogens is 332 g/mol. The summed E-state index contributed by atoms with van der Waals surface area (Å²) < 4.78 is 16.1. The molecule has 1 aromatic carbocycles. The first-order chi connectivity index (χ1) is 12.6. The Morgan fingerprint density at radius 1 is 1.19 bits per heavy atom. The third kappa shape index (κ3) is 5.11. The Bertz CT molecular complexity index is 569. The molecule has 1 aliphatic rings. The van der Waals surface area contributed by atoms with Gasteiger partial charge < -0.3 is 19.5 Å². The average Bonchev–Trinajstić information content (AvgIpc) is 2.70. The largest absolute Gasteiger partial charge is 0.497 e. The number of benzene rings is 1. The molecular formula is C20H32N2O4. The molecule has 1 amide bonds. The lowest BCUT2D eigenvalue weighted by Crippen LogP contribution is -2.52. The fourth-order valence-corrected chi connectivity index (χ4v) is 3.62. The van der Waals surface area contributed by atoms with E-state index >= 15 is 0 Å². The van der Waals surface area contributed by atoms with Crippen molar-refractivity contribution in [1.29, 1.82) is 0 Å². The smallest absolute Gasteiger partial charge is 0.255 e. The minimum absolute atomic E-state index is 0.134. The lowest BCUT2D eigenvalue weighted by Gasteiger charge is -2.38. The zero-order valence-electron chi connectivity index (χ0n) is 16.4. The van der Waals surface area contributed by atoms with Crippen LogP contribution in [0.5, 0.6) is 11.5 Å². The molecule has 1 saturated heterocycles. The van der Waals surface area contributed by atoms with Gasteiger partial charge in [-0.15, -0.1) is 0 Å². The maximum Gasteiger partial charge on any atom is 0.255 e. The van der Waals surface area contributed by atoms with E-state index in [-0.39, 0.29) is 5.91 Å². The molecule has 1 N–H and O–H groups in total. The van der Waals surface area contributed by atoms with Crippen LogP contribution in [0.25, 0.3) is 0 Å². The van der Waals surface area contributed by atoms with Crippen LogP contribution in [0.4, 0.5) is 0 Å². The minimum Gasteiger partial charge on any atom is -0.497 e. The first-order valence-electron chi connectivity index (χ1n) is 9.46. The Kier molecular flexibility index (Phi) is 8.19. The predicted molar refractivity (Wildman–Crippen MR) is 102 cm³/mol. The molecule has 0 aliphatic carbocycles. The van der Waals surface area contributed by atoms with Crippen LogP contribution in [0.1, 0.15) is 37.0 Å². The van der Waals surface area contributed by atoms with Crippen molar-refractivity contribution in [2.75, 3.05) is 47.1 Å². The van der Waals surface area contributed by atoms with Crippen LogP contribution in [0, 0.1) is 5.92 Å². The number of nitrogens with zero attached hydrogens (tertiary/aromatic N) is 1. The standard InChI is InChI=1S/C20H32N2O4/c1-5-15(6-2)18(22-9-11-26-12-10-22)14-21-20(23)17-13-16(24-3)7-8-19(17)25-4/h7-8,13,15,18H,5-6,9-12,14H2,1-4H3,(H,21,23). The van der Waals surface area contributed by atoms with Gasteiger partial charge in [-0.2, -0.15) is 0 Å². The van der Waals surface area contributed by atoms with Crippen LogP contribution < -0.4 is 14.8 Å². The first-order valence-corrected chi connectivity index (χ1v) is 9.46. The average molecular weight is 364 g/mol. The van der Waals surface area contributed by atoms with Crippen molar-refractivity contribution in [3.05, 3.63) is 23.8 Å². The molecule has 0 saturated carbocycles. The number of morpholine rings is 1. The van der Waals surface area contributed by atoms with Crippen molar-refractivity contribution in [3.63, 3.8) is 0 Å². The zero-order valence-corrected chi connectivity index (χ0v) is 16.4. The fourth-order valence-electron chi connectivity index (χ4n) is 3.62. The first kappa shape index (κ1) is 20.5. The van der Waals surface area contributed by atoms with Crippen LogP contribution in [-0.2, 0) is 4.74 Å². The Balaban J connectivity index is 2.10. The van der Waals surface area contributed by atoms with Crippen molar-refractivity contribution in [1.82, 2.24) is 10.2 Å². The summed E-state index contributed by atoms with van der Waals surface area (Å²) in [4.78, 5) is 15.2. The van der Waals surface area contributed by atoms with Gasteiger partial charge in [0.1, 0.15) is 11.5 Å². The molecule has 0 aromatic heterocycles. The van der Waals surface area contributed by atoms with E-state index in [0.29, 0.717) is 35.6 Å². The summed E-state index contributed by atoms with van der Waals surface area (Å²) in [5.74, 6) is 1.60. The van der Waals surface area contributed by atoms with E-state index in [1.807, 2.05) is 0 Å². The van der Waals surface area contributed by atoms with Gasteiger partial charge in [0.25, 0.3) is 5.91 Å². The highest BCUT2D eigenvalue weighted by atomic mass is 16.5. The number of methoxy groups -OCH3 is 2. The number of nitrogens with one attached hydrogen (secondary N) is 1. The van der Waals surface area contributed by atoms with Gasteiger partial charge in [-0.3, -0.25) is 9.69 Å². The van der Waals surface area contributed by atoms with Crippen molar-refractivity contribution >= 4 is 5.91 Å². The van der Waals surface area contributed by atoms with Crippen LogP contribution >= 0.6 is 0 Å². The lowest BCUT2D eigenvalue weighted by atomic mass is 9.92. The highest BCUT2D eigenvalue weighted by Gasteiger charge is 2.27. The summed E-state index contributed by atoms with van der Waals surface area (Å²) in [5.41, 5.74) is 0.497. The van der Waals surface area contributed by atoms with E-state index in [9.17, 15) is 4.79 Å². The van der Waals surface area contributed by atoms with Gasteiger partial charge in [-0.1, -0.05) is 26.7 Å². The number of rotatable bonds is 9. The number of ether oxygens (including phenoxy) is 3. The van der Waals surface area contributed by atoms with Crippen LogP contribution in [0.3, 0.4) is 0 Å². The van der Waals surface area contributed by atoms with E-state index < -0.39 is 0 Å². The quantitative estimate of drug-likeness (QED) is 0.730. The number of carbonyl (C=O) groups excluding carboxylic acids is 1. The summed E-state index contributed by atoms with van der Waals surface area (Å²) in [6.45, 7) is 8.40. The van der Waals surface area contributed by atoms with Crippen molar-refractivity contribution < 1.29 is 19.0 Å². The number of carbonyl (C=O) groups is 1. The van der Waals surface area contributed by atoms with E-state index in [0.717, 1.165) is 39.1 Å². The molecule has 0 spiro atoms. The third-order valence-corrected chi connectivity index (χ3v) is 5.23. The van der Waals surface area contributed by atoms with Gasteiger partial charge in [0, 0.05) is 25.7 Å². The van der Waals surface area contributed by atoms with E-state index in [1.165, 1.54) is 0 Å². The molecule has 1 atom stereocenters. The van der Waals surface area contributed by atoms with Crippen LogP contribution in [0.2, 0.25) is 0 Å². The van der Waals surface area contributed by atoms with Gasteiger partial charge in [-0.25, -0.2) is 0 Å². The molecule has 6 heteroatoms. The SMILES string of the molecule is CCC(CC)C(CNC(=O)c1cc(OC)ccc1OC)N1CCOCC1. The van der Waals surface area contributed by atoms with Crippen molar-refractivity contribution in [3.8, 4) is 11.5 Å². The highest BCUT2D eigenvalue weighted by molar-refractivity contribution is 5.97. The van der Waals surface area contributed by atoms with E-state index in [1.54, 1.807) is 32.4 Å². The monoisotopic (exact) mass is 364 g/mol. The minimum atomic E-state index is -0.134. The molecule has 1 heterocycles. The van der Waals surface area contributed by atoms with Gasteiger partial charge in [0.15, 0.2) is 0 Å². The maximum atomic E-state index is 12.8. The van der Waals surface area contributed by atoms with Gasteiger partial charge in [0.2, 0.25) is 0 Å². The van der Waals surface area contributed by atoms with Gasteiger partial charge in [0.05, 0.1) is 33.0 Å². The molecule has 1 fully saturated rings. The summed E-state index contributed by atoms with van der Waals surface area (Å²) in [6.07, 6.45) is 2.19.